The lowest BCUT2D eigenvalue weighted by Gasteiger charge is -2.31. The first-order valence-electron chi connectivity index (χ1n) is 7.13. The second-order valence-corrected chi connectivity index (χ2v) is 4.99. The molecule has 21 heavy (non-hydrogen) atoms. The minimum atomic E-state index is -0.118. The van der Waals surface area contributed by atoms with Crippen LogP contribution in [0.15, 0.2) is 34.9 Å². The van der Waals surface area contributed by atoms with Gasteiger partial charge in [0, 0.05) is 26.6 Å². The van der Waals surface area contributed by atoms with Gasteiger partial charge in [0.1, 0.15) is 18.5 Å². The normalized spacial score (nSPS) is 19.6. The fourth-order valence-electron chi connectivity index (χ4n) is 2.32. The number of nitrogens with zero attached hydrogens (tertiary/aromatic N) is 3. The summed E-state index contributed by atoms with van der Waals surface area (Å²) in [6.07, 6.45) is -0.118. The molecule has 0 spiro atoms. The molecule has 1 aromatic carbocycles. The molecule has 1 aromatic heterocycles. The number of aromatic nitrogens is 2. The second kappa shape index (κ2) is 6.69. The van der Waals surface area contributed by atoms with Crippen molar-refractivity contribution in [2.45, 2.75) is 13.0 Å². The third-order valence-electron chi connectivity index (χ3n) is 3.40. The van der Waals surface area contributed by atoms with Gasteiger partial charge >= 0.3 is 0 Å². The van der Waals surface area contributed by atoms with Crippen molar-refractivity contribution in [1.82, 2.24) is 15.0 Å². The van der Waals surface area contributed by atoms with E-state index in [0.717, 1.165) is 25.4 Å². The van der Waals surface area contributed by atoms with E-state index in [4.69, 9.17) is 14.0 Å². The molecule has 6 nitrogen and oxygen atoms in total. The number of benzene rings is 1. The molecule has 2 aromatic rings. The topological polar surface area (TPSA) is 60.6 Å². The van der Waals surface area contributed by atoms with Crippen LogP contribution in [-0.4, -0.2) is 47.9 Å². The van der Waals surface area contributed by atoms with Crippen molar-refractivity contribution in [3.63, 3.8) is 0 Å². The molecule has 0 amide bonds. The highest BCUT2D eigenvalue weighted by molar-refractivity contribution is 5.20. The molecule has 6 heteroatoms. The zero-order valence-electron chi connectivity index (χ0n) is 12.1. The third kappa shape index (κ3) is 3.80. The quantitative estimate of drug-likeness (QED) is 0.837. The lowest BCUT2D eigenvalue weighted by atomic mass is 10.2. The highest BCUT2D eigenvalue weighted by Gasteiger charge is 2.25. The number of hydrogen-bond acceptors (Lipinski definition) is 6. The number of para-hydroxylation sites is 1. The van der Waals surface area contributed by atoms with E-state index in [9.17, 15) is 0 Å². The van der Waals surface area contributed by atoms with Gasteiger partial charge in [0.15, 0.2) is 0 Å². The van der Waals surface area contributed by atoms with Crippen LogP contribution >= 0.6 is 0 Å². The summed E-state index contributed by atoms with van der Waals surface area (Å²) >= 11 is 0. The maximum atomic E-state index is 5.72. The first-order valence-corrected chi connectivity index (χ1v) is 7.13. The molecule has 1 atom stereocenters. The third-order valence-corrected chi connectivity index (χ3v) is 3.40. The van der Waals surface area contributed by atoms with Gasteiger partial charge in [0.25, 0.3) is 0 Å². The van der Waals surface area contributed by atoms with E-state index in [0.29, 0.717) is 24.9 Å². The highest BCUT2D eigenvalue weighted by atomic mass is 16.5. The summed E-state index contributed by atoms with van der Waals surface area (Å²) < 4.78 is 16.4. The van der Waals surface area contributed by atoms with E-state index in [2.05, 4.69) is 15.0 Å². The minimum absolute atomic E-state index is 0.118. The minimum Gasteiger partial charge on any atom is -0.492 e. The van der Waals surface area contributed by atoms with Gasteiger partial charge in [0.05, 0.1) is 6.61 Å². The number of rotatable bonds is 5. The number of aryl methyl sites for hydroxylation is 1. The molecule has 0 saturated carbocycles. The molecule has 2 heterocycles. The van der Waals surface area contributed by atoms with Gasteiger partial charge in [-0.3, -0.25) is 4.90 Å². The zero-order valence-corrected chi connectivity index (χ0v) is 12.1. The van der Waals surface area contributed by atoms with Crippen LogP contribution in [0.25, 0.3) is 0 Å². The summed E-state index contributed by atoms with van der Waals surface area (Å²) in [6.45, 7) is 5.62. The lowest BCUT2D eigenvalue weighted by Crippen LogP contribution is -2.40. The Balaban J connectivity index is 1.48. The van der Waals surface area contributed by atoms with Gasteiger partial charge in [-0.2, -0.15) is 4.98 Å². The van der Waals surface area contributed by atoms with Crippen molar-refractivity contribution >= 4 is 0 Å². The van der Waals surface area contributed by atoms with Crippen LogP contribution in [0.5, 0.6) is 5.75 Å². The fraction of sp³-hybridized carbons (Fsp3) is 0.467. The molecular formula is C15H19N3O3. The van der Waals surface area contributed by atoms with Crippen LogP contribution in [0, 0.1) is 6.92 Å². The van der Waals surface area contributed by atoms with Crippen LogP contribution in [0.1, 0.15) is 17.8 Å². The monoisotopic (exact) mass is 289 g/mol. The molecule has 1 aliphatic heterocycles. The van der Waals surface area contributed by atoms with E-state index in [1.807, 2.05) is 30.3 Å². The van der Waals surface area contributed by atoms with Gasteiger partial charge in [-0.1, -0.05) is 23.4 Å². The summed E-state index contributed by atoms with van der Waals surface area (Å²) in [5.41, 5.74) is 0. The average Bonchev–Trinajstić information content (AvgIpc) is 2.95. The van der Waals surface area contributed by atoms with Gasteiger partial charge in [-0.25, -0.2) is 0 Å². The average molecular weight is 289 g/mol. The summed E-state index contributed by atoms with van der Waals surface area (Å²) in [5, 5.41) is 3.93. The second-order valence-electron chi connectivity index (χ2n) is 4.99. The SMILES string of the molecule is Cc1nc(C2CN(CCOc3ccccc3)CCO2)no1. The lowest BCUT2D eigenvalue weighted by molar-refractivity contribution is -0.0379. The van der Waals surface area contributed by atoms with Crippen LogP contribution in [0.2, 0.25) is 0 Å². The predicted octanol–water partition coefficient (Wildman–Crippen LogP) is 1.83. The Morgan fingerprint density at radius 3 is 2.95 bits per heavy atom. The standard InChI is InChI=1S/C15H19N3O3/c1-12-16-15(17-21-12)14-11-18(8-10-20-14)7-9-19-13-5-3-2-4-6-13/h2-6,14H,7-11H2,1H3. The largest absolute Gasteiger partial charge is 0.492 e. The van der Waals surface area contributed by atoms with Crippen LogP contribution < -0.4 is 4.74 Å². The first-order chi connectivity index (χ1) is 10.3. The van der Waals surface area contributed by atoms with Crippen LogP contribution in [0.3, 0.4) is 0 Å². The number of hydrogen-bond donors (Lipinski definition) is 0. The Hall–Kier alpha value is -1.92. The maximum absolute atomic E-state index is 5.72. The summed E-state index contributed by atoms with van der Waals surface area (Å²) in [7, 11) is 0. The smallest absolute Gasteiger partial charge is 0.223 e. The molecule has 0 aliphatic carbocycles. The van der Waals surface area contributed by atoms with Gasteiger partial charge in [0.2, 0.25) is 11.7 Å². The number of ether oxygens (including phenoxy) is 2. The number of morpholine rings is 1. The molecule has 1 aliphatic rings. The first kappa shape index (κ1) is 14.0. The van der Waals surface area contributed by atoms with Crippen molar-refractivity contribution in [1.29, 1.82) is 0 Å². The van der Waals surface area contributed by atoms with Crippen molar-refractivity contribution in [2.24, 2.45) is 0 Å². The van der Waals surface area contributed by atoms with Crippen molar-refractivity contribution in [3.05, 3.63) is 42.0 Å². The van der Waals surface area contributed by atoms with Crippen LogP contribution in [-0.2, 0) is 4.74 Å². The van der Waals surface area contributed by atoms with Gasteiger partial charge < -0.3 is 14.0 Å². The fourth-order valence-corrected chi connectivity index (χ4v) is 2.32. The van der Waals surface area contributed by atoms with Crippen molar-refractivity contribution < 1.29 is 14.0 Å². The Kier molecular flexibility index (Phi) is 4.47. The zero-order chi connectivity index (χ0) is 14.5. The Bertz CT molecular complexity index is 558. The molecule has 1 unspecified atom stereocenters. The molecule has 0 radical (unpaired) electrons. The Labute approximate surface area is 123 Å². The van der Waals surface area contributed by atoms with E-state index >= 15 is 0 Å². The molecular weight excluding hydrogens is 270 g/mol. The van der Waals surface area contributed by atoms with E-state index in [1.54, 1.807) is 6.92 Å². The maximum Gasteiger partial charge on any atom is 0.223 e. The molecule has 0 bridgehead atoms. The summed E-state index contributed by atoms with van der Waals surface area (Å²) in [4.78, 5) is 6.53. The van der Waals surface area contributed by atoms with Crippen molar-refractivity contribution in [2.75, 3.05) is 32.8 Å². The molecule has 1 fully saturated rings. The Morgan fingerprint density at radius 2 is 2.19 bits per heavy atom. The van der Waals surface area contributed by atoms with Crippen LogP contribution in [0.4, 0.5) is 0 Å². The van der Waals surface area contributed by atoms with E-state index < -0.39 is 0 Å². The summed E-state index contributed by atoms with van der Waals surface area (Å²) in [5.74, 6) is 2.09. The highest BCUT2D eigenvalue weighted by Crippen LogP contribution is 2.19. The predicted molar refractivity (Wildman–Crippen MR) is 76.1 cm³/mol. The Morgan fingerprint density at radius 1 is 1.33 bits per heavy atom. The van der Waals surface area contributed by atoms with E-state index in [-0.39, 0.29) is 6.10 Å². The molecule has 3 rings (SSSR count). The molecule has 1 saturated heterocycles. The molecule has 112 valence electrons. The van der Waals surface area contributed by atoms with Crippen molar-refractivity contribution in [3.8, 4) is 5.75 Å². The summed E-state index contributed by atoms with van der Waals surface area (Å²) in [6, 6.07) is 9.85. The van der Waals surface area contributed by atoms with Gasteiger partial charge in [-0.15, -0.1) is 0 Å². The van der Waals surface area contributed by atoms with E-state index in [1.165, 1.54) is 0 Å². The van der Waals surface area contributed by atoms with Gasteiger partial charge in [-0.05, 0) is 12.1 Å². The molecule has 0 N–H and O–H groups in total.